The maximum Gasteiger partial charge on any atom is 0.241 e. The minimum Gasteiger partial charge on any atom is -0.347 e. The van der Waals surface area contributed by atoms with Crippen LogP contribution in [0.5, 0.6) is 0 Å². The number of hydrogen-bond acceptors (Lipinski definition) is 6. The van der Waals surface area contributed by atoms with E-state index in [9.17, 15) is 13.2 Å². The minimum atomic E-state index is -3.19. The van der Waals surface area contributed by atoms with Gasteiger partial charge in [0.1, 0.15) is 9.84 Å². The van der Waals surface area contributed by atoms with Crippen LogP contribution in [-0.2, 0) is 21.1 Å². The quantitative estimate of drug-likeness (QED) is 0.455. The largest absolute Gasteiger partial charge is 0.347 e. The van der Waals surface area contributed by atoms with Gasteiger partial charge in [0.2, 0.25) is 5.91 Å². The summed E-state index contributed by atoms with van der Waals surface area (Å²) in [6.07, 6.45) is 4.29. The topological polar surface area (TPSA) is 110 Å². The van der Waals surface area contributed by atoms with Gasteiger partial charge in [-0.2, -0.15) is 5.26 Å². The Hall–Kier alpha value is -3.19. The fourth-order valence-corrected chi connectivity index (χ4v) is 5.66. The van der Waals surface area contributed by atoms with Gasteiger partial charge in [-0.25, -0.2) is 13.4 Å². The maximum atomic E-state index is 13.4. The Kier molecular flexibility index (Phi) is 8.09. The molecule has 1 aliphatic rings. The predicted molar refractivity (Wildman–Crippen MR) is 139 cm³/mol. The number of piperazine rings is 1. The molecule has 0 radical (unpaired) electrons. The van der Waals surface area contributed by atoms with Gasteiger partial charge in [-0.1, -0.05) is 36.7 Å². The number of rotatable bonds is 9. The van der Waals surface area contributed by atoms with Crippen molar-refractivity contribution in [1.29, 1.82) is 5.26 Å². The molecular weight excluding hydrogens is 498 g/mol. The molecule has 0 bridgehead atoms. The standard InChI is InChI=1S/C26H28ClN5O3S/c1-2-36(34,35)11-10-23-16-32(22-5-3-4-21(27)13-22)26(33)17-31(23)25(24-15-29-18-30-24)12-19-6-8-20(14-28)9-7-19/h3-9,13,15,18,23,25H,2,10-12,16-17H2,1H3,(H,29,30)/t23?,25-/m0/s1. The number of aromatic nitrogens is 2. The lowest BCUT2D eigenvalue weighted by molar-refractivity contribution is -0.123. The fourth-order valence-electron chi connectivity index (χ4n) is 4.56. The van der Waals surface area contributed by atoms with Crippen molar-refractivity contribution in [1.82, 2.24) is 14.9 Å². The first-order chi connectivity index (χ1) is 17.3. The summed E-state index contributed by atoms with van der Waals surface area (Å²) >= 11 is 6.19. The molecule has 8 nitrogen and oxygen atoms in total. The fraction of sp³-hybridized carbons (Fsp3) is 0.346. The molecule has 1 fully saturated rings. The van der Waals surface area contributed by atoms with E-state index in [4.69, 9.17) is 16.9 Å². The van der Waals surface area contributed by atoms with Crippen LogP contribution in [0.3, 0.4) is 0 Å². The van der Waals surface area contributed by atoms with Gasteiger partial charge in [0.05, 0.1) is 42.0 Å². The summed E-state index contributed by atoms with van der Waals surface area (Å²) in [7, 11) is -3.19. The van der Waals surface area contributed by atoms with Crippen LogP contribution >= 0.6 is 11.6 Å². The first-order valence-electron chi connectivity index (χ1n) is 11.8. The predicted octanol–water partition coefficient (Wildman–Crippen LogP) is 3.76. The van der Waals surface area contributed by atoms with Crippen molar-refractivity contribution in [3.8, 4) is 6.07 Å². The van der Waals surface area contributed by atoms with E-state index in [0.717, 1.165) is 11.3 Å². The van der Waals surface area contributed by atoms with E-state index in [1.165, 1.54) is 0 Å². The number of imidazole rings is 1. The molecule has 4 rings (SSSR count). The van der Waals surface area contributed by atoms with Gasteiger partial charge < -0.3 is 9.88 Å². The molecule has 188 valence electrons. The van der Waals surface area contributed by atoms with Crippen molar-refractivity contribution in [2.75, 3.05) is 29.5 Å². The molecule has 1 N–H and O–H groups in total. The van der Waals surface area contributed by atoms with E-state index < -0.39 is 9.84 Å². The summed E-state index contributed by atoms with van der Waals surface area (Å²) in [6.45, 7) is 2.10. The smallest absolute Gasteiger partial charge is 0.241 e. The van der Waals surface area contributed by atoms with Crippen LogP contribution in [0.2, 0.25) is 5.02 Å². The summed E-state index contributed by atoms with van der Waals surface area (Å²) in [6, 6.07) is 16.2. The average Bonchev–Trinajstić information content (AvgIpc) is 3.41. The number of carbonyl (C=O) groups excluding carboxylic acids is 1. The van der Waals surface area contributed by atoms with E-state index in [1.807, 2.05) is 18.2 Å². The van der Waals surface area contributed by atoms with Crippen LogP contribution in [0.1, 0.15) is 36.2 Å². The minimum absolute atomic E-state index is 0.0365. The van der Waals surface area contributed by atoms with E-state index in [1.54, 1.807) is 54.7 Å². The number of nitriles is 1. The van der Waals surface area contributed by atoms with Gasteiger partial charge in [-0.15, -0.1) is 0 Å². The monoisotopic (exact) mass is 525 g/mol. The lowest BCUT2D eigenvalue weighted by Gasteiger charge is -2.44. The van der Waals surface area contributed by atoms with Crippen molar-refractivity contribution in [3.05, 3.63) is 82.9 Å². The molecule has 0 aliphatic carbocycles. The summed E-state index contributed by atoms with van der Waals surface area (Å²) < 4.78 is 24.8. The molecule has 2 atom stereocenters. The van der Waals surface area contributed by atoms with Crippen LogP contribution in [0.4, 0.5) is 5.69 Å². The molecule has 36 heavy (non-hydrogen) atoms. The van der Waals surface area contributed by atoms with Gasteiger partial charge in [-0.3, -0.25) is 9.69 Å². The van der Waals surface area contributed by atoms with Gasteiger partial charge in [-0.05, 0) is 48.7 Å². The molecule has 1 aliphatic heterocycles. The van der Waals surface area contributed by atoms with Crippen molar-refractivity contribution in [2.45, 2.75) is 31.8 Å². The second-order valence-corrected chi connectivity index (χ2v) is 11.8. The zero-order valence-electron chi connectivity index (χ0n) is 20.0. The first kappa shape index (κ1) is 25.9. The molecule has 2 aromatic carbocycles. The van der Waals surface area contributed by atoms with Gasteiger partial charge >= 0.3 is 0 Å². The number of halogens is 1. The highest BCUT2D eigenvalue weighted by Crippen LogP contribution is 2.32. The number of anilines is 1. The molecule has 1 saturated heterocycles. The van der Waals surface area contributed by atoms with Crippen molar-refractivity contribution in [3.63, 3.8) is 0 Å². The SMILES string of the molecule is CCS(=O)(=O)CCC1CN(c2cccc(Cl)c2)C(=O)CN1[C@@H](Cc1ccc(C#N)cc1)c1cnc[nH]1. The van der Waals surface area contributed by atoms with Crippen LogP contribution in [-0.4, -0.2) is 59.8 Å². The van der Waals surface area contributed by atoms with E-state index in [-0.39, 0.29) is 36.0 Å². The summed E-state index contributed by atoms with van der Waals surface area (Å²) in [5.74, 6) is 0.0249. The molecule has 0 saturated carbocycles. The van der Waals surface area contributed by atoms with Crippen LogP contribution in [0.15, 0.2) is 61.1 Å². The Morgan fingerprint density at radius 1 is 1.25 bits per heavy atom. The number of carbonyl (C=O) groups is 1. The van der Waals surface area contributed by atoms with Gasteiger partial charge in [0, 0.05) is 35.2 Å². The zero-order chi connectivity index (χ0) is 25.7. The van der Waals surface area contributed by atoms with Crippen LogP contribution in [0.25, 0.3) is 0 Å². The molecule has 1 amide bonds. The second-order valence-electron chi connectivity index (χ2n) is 8.87. The van der Waals surface area contributed by atoms with Gasteiger partial charge in [0.15, 0.2) is 0 Å². The Bertz CT molecular complexity index is 1340. The highest BCUT2D eigenvalue weighted by molar-refractivity contribution is 7.91. The summed E-state index contributed by atoms with van der Waals surface area (Å²) in [4.78, 5) is 24.5. The van der Waals surface area contributed by atoms with E-state index >= 15 is 0 Å². The number of hydrogen-bond donors (Lipinski definition) is 1. The van der Waals surface area contributed by atoms with E-state index in [2.05, 4.69) is 20.9 Å². The number of aromatic amines is 1. The molecule has 0 spiro atoms. The number of nitrogens with one attached hydrogen (secondary N) is 1. The number of sulfone groups is 1. The lowest BCUT2D eigenvalue weighted by Crippen LogP contribution is -2.58. The highest BCUT2D eigenvalue weighted by Gasteiger charge is 2.38. The third-order valence-corrected chi connectivity index (χ3v) is 8.57. The second kappa shape index (κ2) is 11.2. The molecular formula is C26H28ClN5O3S. The van der Waals surface area contributed by atoms with Crippen LogP contribution < -0.4 is 4.90 Å². The third-order valence-electron chi connectivity index (χ3n) is 6.59. The normalized spacial score (nSPS) is 17.6. The van der Waals surface area contributed by atoms with Crippen LogP contribution in [0, 0.1) is 11.3 Å². The van der Waals surface area contributed by atoms with Crippen molar-refractivity contribution in [2.24, 2.45) is 0 Å². The highest BCUT2D eigenvalue weighted by atomic mass is 35.5. The summed E-state index contributed by atoms with van der Waals surface area (Å²) in [5, 5.41) is 9.67. The number of H-pyrrole nitrogens is 1. The number of amides is 1. The Labute approximate surface area is 216 Å². The average molecular weight is 526 g/mol. The van der Waals surface area contributed by atoms with Crippen molar-refractivity contribution < 1.29 is 13.2 Å². The lowest BCUT2D eigenvalue weighted by atomic mass is 9.97. The van der Waals surface area contributed by atoms with Gasteiger partial charge in [0.25, 0.3) is 0 Å². The summed E-state index contributed by atoms with van der Waals surface area (Å²) in [5.41, 5.74) is 3.11. The zero-order valence-corrected chi connectivity index (χ0v) is 21.5. The Balaban J connectivity index is 1.67. The molecule has 10 heteroatoms. The molecule has 1 aromatic heterocycles. The third kappa shape index (κ3) is 6.13. The molecule has 2 heterocycles. The molecule has 3 aromatic rings. The molecule has 1 unspecified atom stereocenters. The Morgan fingerprint density at radius 3 is 2.67 bits per heavy atom. The maximum absolute atomic E-state index is 13.4. The Morgan fingerprint density at radius 2 is 2.03 bits per heavy atom. The van der Waals surface area contributed by atoms with E-state index in [0.29, 0.717) is 35.7 Å². The number of benzene rings is 2. The first-order valence-corrected chi connectivity index (χ1v) is 14.0. The number of nitrogens with zero attached hydrogens (tertiary/aromatic N) is 4. The van der Waals surface area contributed by atoms with Crippen molar-refractivity contribution >= 4 is 33.0 Å².